The maximum absolute atomic E-state index is 12.8. The third-order valence-electron chi connectivity index (χ3n) is 4.17. The van der Waals surface area contributed by atoms with Crippen molar-refractivity contribution in [3.05, 3.63) is 76.8 Å². The molecule has 0 bridgehead atoms. The van der Waals surface area contributed by atoms with Gasteiger partial charge in [-0.25, -0.2) is 4.98 Å². The predicted molar refractivity (Wildman–Crippen MR) is 99.7 cm³/mol. The molecule has 6 nitrogen and oxygen atoms in total. The predicted octanol–water partition coefficient (Wildman–Crippen LogP) is 2.07. The van der Waals surface area contributed by atoms with Crippen LogP contribution in [0.15, 0.2) is 65.7 Å². The minimum absolute atomic E-state index is 0.0484. The van der Waals surface area contributed by atoms with Crippen LogP contribution in [0.5, 0.6) is 0 Å². The fraction of sp³-hybridized carbons (Fsp3) is 0.250. The number of fused-ring (bicyclic) bond motifs is 1. The molecule has 0 saturated carbocycles. The lowest BCUT2D eigenvalue weighted by Crippen LogP contribution is -2.38. The zero-order chi connectivity index (χ0) is 18.4. The van der Waals surface area contributed by atoms with E-state index < -0.39 is 0 Å². The van der Waals surface area contributed by atoms with Gasteiger partial charge in [0.05, 0.1) is 23.8 Å². The van der Waals surface area contributed by atoms with Crippen LogP contribution < -0.4 is 5.56 Å². The van der Waals surface area contributed by atoms with E-state index in [1.165, 1.54) is 10.9 Å². The number of aromatic nitrogens is 2. The quantitative estimate of drug-likeness (QED) is 0.654. The summed E-state index contributed by atoms with van der Waals surface area (Å²) < 4.78 is 6.47. The molecule has 6 heteroatoms. The van der Waals surface area contributed by atoms with Gasteiger partial charge in [0.1, 0.15) is 6.54 Å². The number of carbonyl (C=O) groups excluding carboxylic acids is 1. The molecule has 0 saturated heterocycles. The first-order valence-electron chi connectivity index (χ1n) is 8.44. The Morgan fingerprint density at radius 2 is 1.85 bits per heavy atom. The number of nitrogens with zero attached hydrogens (tertiary/aromatic N) is 3. The van der Waals surface area contributed by atoms with E-state index in [0.717, 1.165) is 5.56 Å². The van der Waals surface area contributed by atoms with E-state index >= 15 is 0 Å². The summed E-state index contributed by atoms with van der Waals surface area (Å²) >= 11 is 0. The molecule has 0 unspecified atom stereocenters. The van der Waals surface area contributed by atoms with Gasteiger partial charge in [-0.3, -0.25) is 14.2 Å². The summed E-state index contributed by atoms with van der Waals surface area (Å²) in [6.45, 7) is 1.31. The Morgan fingerprint density at radius 1 is 1.12 bits per heavy atom. The highest BCUT2D eigenvalue weighted by Crippen LogP contribution is 2.07. The number of hydrogen-bond donors (Lipinski definition) is 0. The second-order valence-corrected chi connectivity index (χ2v) is 5.99. The first-order chi connectivity index (χ1) is 12.7. The molecule has 0 N–H and O–H groups in total. The van der Waals surface area contributed by atoms with Crippen LogP contribution in [-0.4, -0.2) is 40.6 Å². The van der Waals surface area contributed by atoms with Gasteiger partial charge in [0.15, 0.2) is 0 Å². The van der Waals surface area contributed by atoms with Crippen LogP contribution in [0.1, 0.15) is 5.56 Å². The van der Waals surface area contributed by atoms with E-state index in [2.05, 4.69) is 4.98 Å². The van der Waals surface area contributed by atoms with E-state index in [4.69, 9.17) is 4.74 Å². The van der Waals surface area contributed by atoms with E-state index in [0.29, 0.717) is 30.6 Å². The average molecular weight is 351 g/mol. The lowest BCUT2D eigenvalue weighted by molar-refractivity contribution is -0.133. The van der Waals surface area contributed by atoms with Gasteiger partial charge in [0.25, 0.3) is 5.56 Å². The molecular formula is C20H21N3O3. The van der Waals surface area contributed by atoms with Crippen molar-refractivity contribution in [3.63, 3.8) is 0 Å². The zero-order valence-electron chi connectivity index (χ0n) is 14.7. The molecule has 0 aliphatic rings. The van der Waals surface area contributed by atoms with Gasteiger partial charge >= 0.3 is 0 Å². The number of para-hydroxylation sites is 1. The topological polar surface area (TPSA) is 64.4 Å². The van der Waals surface area contributed by atoms with Crippen molar-refractivity contribution in [2.24, 2.45) is 0 Å². The third kappa shape index (κ3) is 4.15. The molecule has 1 aromatic heterocycles. The maximum atomic E-state index is 12.8. The van der Waals surface area contributed by atoms with Crippen molar-refractivity contribution in [2.75, 3.05) is 20.3 Å². The SMILES string of the molecule is COCCN(Cc1ccccc1)C(=O)Cn1cnc2ccccc2c1=O. The number of rotatable bonds is 7. The van der Waals surface area contributed by atoms with Gasteiger partial charge in [0, 0.05) is 20.2 Å². The molecule has 3 aromatic rings. The number of amides is 1. The van der Waals surface area contributed by atoms with E-state index in [1.54, 1.807) is 30.2 Å². The molecule has 1 amide bonds. The molecule has 0 spiro atoms. The van der Waals surface area contributed by atoms with Crippen molar-refractivity contribution in [3.8, 4) is 0 Å². The highest BCUT2D eigenvalue weighted by molar-refractivity contribution is 5.79. The maximum Gasteiger partial charge on any atom is 0.261 e. The number of methoxy groups -OCH3 is 1. The standard InChI is InChI=1S/C20H21N3O3/c1-26-12-11-22(13-16-7-3-2-4-8-16)19(24)14-23-15-21-18-10-6-5-9-17(18)20(23)25/h2-10,15H,11-14H2,1H3. The van der Waals surface area contributed by atoms with Crippen molar-refractivity contribution in [1.29, 1.82) is 0 Å². The van der Waals surface area contributed by atoms with Crippen molar-refractivity contribution < 1.29 is 9.53 Å². The van der Waals surface area contributed by atoms with Crippen LogP contribution in [0.2, 0.25) is 0 Å². The molecule has 3 rings (SSSR count). The number of ether oxygens (including phenoxy) is 1. The smallest absolute Gasteiger partial charge is 0.261 e. The van der Waals surface area contributed by atoms with Gasteiger partial charge in [-0.15, -0.1) is 0 Å². The van der Waals surface area contributed by atoms with Gasteiger partial charge in [-0.1, -0.05) is 42.5 Å². The molecule has 26 heavy (non-hydrogen) atoms. The number of carbonyl (C=O) groups is 1. The second-order valence-electron chi connectivity index (χ2n) is 5.99. The van der Waals surface area contributed by atoms with Crippen LogP contribution in [-0.2, 0) is 22.6 Å². The first kappa shape index (κ1) is 17.8. The Kier molecular flexibility index (Phi) is 5.76. The van der Waals surface area contributed by atoms with Crippen LogP contribution in [0.4, 0.5) is 0 Å². The minimum Gasteiger partial charge on any atom is -0.383 e. The lowest BCUT2D eigenvalue weighted by Gasteiger charge is -2.23. The molecule has 1 heterocycles. The monoisotopic (exact) mass is 351 g/mol. The molecule has 0 fully saturated rings. The van der Waals surface area contributed by atoms with E-state index in [9.17, 15) is 9.59 Å². The summed E-state index contributed by atoms with van der Waals surface area (Å²) in [6, 6.07) is 16.9. The Hall–Kier alpha value is -2.99. The fourth-order valence-corrected chi connectivity index (χ4v) is 2.76. The Bertz CT molecular complexity index is 938. The highest BCUT2D eigenvalue weighted by atomic mass is 16.5. The van der Waals surface area contributed by atoms with E-state index in [1.807, 2.05) is 36.4 Å². The van der Waals surface area contributed by atoms with Gasteiger partial charge in [-0.2, -0.15) is 0 Å². The summed E-state index contributed by atoms with van der Waals surface area (Å²) in [5, 5.41) is 0.509. The average Bonchev–Trinajstić information content (AvgIpc) is 2.68. The van der Waals surface area contributed by atoms with E-state index in [-0.39, 0.29) is 18.0 Å². The summed E-state index contributed by atoms with van der Waals surface area (Å²) in [6.07, 6.45) is 1.43. The van der Waals surface area contributed by atoms with Crippen LogP contribution >= 0.6 is 0 Å². The summed E-state index contributed by atoms with van der Waals surface area (Å²) in [7, 11) is 1.60. The highest BCUT2D eigenvalue weighted by Gasteiger charge is 2.16. The Labute approximate surface area is 151 Å². The number of benzene rings is 2. The normalized spacial score (nSPS) is 10.8. The van der Waals surface area contributed by atoms with Crippen molar-refractivity contribution >= 4 is 16.8 Å². The van der Waals surface area contributed by atoms with Crippen LogP contribution in [0.3, 0.4) is 0 Å². The molecular weight excluding hydrogens is 330 g/mol. The van der Waals surface area contributed by atoms with Crippen LogP contribution in [0, 0.1) is 0 Å². The Morgan fingerprint density at radius 3 is 2.62 bits per heavy atom. The van der Waals surface area contributed by atoms with Crippen LogP contribution in [0.25, 0.3) is 10.9 Å². The minimum atomic E-state index is -0.213. The summed E-state index contributed by atoms with van der Waals surface area (Å²) in [5.41, 5.74) is 1.44. The van der Waals surface area contributed by atoms with Crippen molar-refractivity contribution in [2.45, 2.75) is 13.1 Å². The zero-order valence-corrected chi connectivity index (χ0v) is 14.7. The summed E-state index contributed by atoms with van der Waals surface area (Å²) in [5.74, 6) is -0.148. The third-order valence-corrected chi connectivity index (χ3v) is 4.17. The Balaban J connectivity index is 1.81. The van der Waals surface area contributed by atoms with Crippen molar-refractivity contribution in [1.82, 2.24) is 14.5 Å². The van der Waals surface area contributed by atoms with Gasteiger partial charge in [0.2, 0.25) is 5.91 Å². The number of hydrogen-bond acceptors (Lipinski definition) is 4. The molecule has 2 aromatic carbocycles. The fourth-order valence-electron chi connectivity index (χ4n) is 2.76. The first-order valence-corrected chi connectivity index (χ1v) is 8.44. The van der Waals surface area contributed by atoms with Gasteiger partial charge < -0.3 is 9.64 Å². The molecule has 134 valence electrons. The lowest BCUT2D eigenvalue weighted by atomic mass is 10.2. The largest absolute Gasteiger partial charge is 0.383 e. The molecule has 0 aliphatic heterocycles. The second kappa shape index (κ2) is 8.40. The molecule has 0 aliphatic carbocycles. The summed E-state index contributed by atoms with van der Waals surface area (Å²) in [4.78, 5) is 31.3. The molecule has 0 atom stereocenters. The van der Waals surface area contributed by atoms with Gasteiger partial charge in [-0.05, 0) is 17.7 Å². The molecule has 0 radical (unpaired) electrons.